The maximum atomic E-state index is 4.22. The van der Waals surface area contributed by atoms with E-state index in [1.807, 2.05) is 0 Å². The Bertz CT molecular complexity index is 424. The van der Waals surface area contributed by atoms with Gasteiger partial charge < -0.3 is 0 Å². The lowest BCUT2D eigenvalue weighted by atomic mass is 9.95. The normalized spacial score (nSPS) is 23.3. The van der Waals surface area contributed by atoms with E-state index in [1.165, 1.54) is 36.0 Å². The molecule has 1 atom stereocenters. The zero-order chi connectivity index (χ0) is 9.71. The molecule has 0 fully saturated rings. The summed E-state index contributed by atoms with van der Waals surface area (Å²) in [5.74, 6) is 0.399. The Morgan fingerprint density at radius 3 is 2.71 bits per heavy atom. The molecule has 0 heterocycles. The van der Waals surface area contributed by atoms with Crippen molar-refractivity contribution < 1.29 is 0 Å². The van der Waals surface area contributed by atoms with Crippen molar-refractivity contribution in [3.63, 3.8) is 0 Å². The lowest BCUT2D eigenvalue weighted by Gasteiger charge is -2.09. The highest BCUT2D eigenvalue weighted by Crippen LogP contribution is 2.38. The fourth-order valence-corrected chi connectivity index (χ4v) is 2.68. The first-order chi connectivity index (χ1) is 6.75. The molecule has 1 aromatic rings. The van der Waals surface area contributed by atoms with Crippen LogP contribution in [0.2, 0.25) is 0 Å². The second kappa shape index (κ2) is 2.73. The van der Waals surface area contributed by atoms with Crippen LogP contribution in [0.4, 0.5) is 0 Å². The van der Waals surface area contributed by atoms with Crippen molar-refractivity contribution in [2.45, 2.75) is 32.1 Å². The van der Waals surface area contributed by atoms with Crippen molar-refractivity contribution in [2.75, 3.05) is 0 Å². The molecule has 0 saturated heterocycles. The van der Waals surface area contributed by atoms with Gasteiger partial charge in [0.25, 0.3) is 0 Å². The second-order valence-corrected chi connectivity index (χ2v) is 4.54. The Morgan fingerprint density at radius 2 is 1.93 bits per heavy atom. The van der Waals surface area contributed by atoms with E-state index in [0.29, 0.717) is 5.92 Å². The maximum Gasteiger partial charge on any atom is 0.00551 e. The molecule has 1 aromatic carbocycles. The molecule has 1 radical (unpaired) electrons. The zero-order valence-corrected chi connectivity index (χ0v) is 8.64. The van der Waals surface area contributed by atoms with E-state index < -0.39 is 0 Å². The average molecular weight is 183 g/mol. The number of benzene rings is 1. The van der Waals surface area contributed by atoms with Crippen molar-refractivity contribution in [1.82, 2.24) is 0 Å². The van der Waals surface area contributed by atoms with Crippen LogP contribution in [-0.4, -0.2) is 0 Å². The fourth-order valence-electron chi connectivity index (χ4n) is 2.68. The van der Waals surface area contributed by atoms with Crippen molar-refractivity contribution in [3.05, 3.63) is 46.9 Å². The van der Waals surface area contributed by atoms with Gasteiger partial charge in [-0.1, -0.05) is 23.8 Å². The molecule has 0 N–H and O–H groups in total. The topological polar surface area (TPSA) is 0 Å². The lowest BCUT2D eigenvalue weighted by Crippen LogP contribution is -1.93. The first-order valence-corrected chi connectivity index (χ1v) is 5.42. The molecule has 0 aliphatic heterocycles. The number of rotatable bonds is 0. The fraction of sp³-hybridized carbons (Fsp3) is 0.357. The summed E-state index contributed by atoms with van der Waals surface area (Å²) >= 11 is 0. The van der Waals surface area contributed by atoms with Crippen LogP contribution in [0.5, 0.6) is 0 Å². The molecule has 0 heteroatoms. The third-order valence-corrected chi connectivity index (χ3v) is 3.61. The van der Waals surface area contributed by atoms with Gasteiger partial charge in [-0.3, -0.25) is 0 Å². The van der Waals surface area contributed by atoms with Crippen LogP contribution in [0.1, 0.15) is 41.5 Å². The third-order valence-electron chi connectivity index (χ3n) is 3.61. The zero-order valence-electron chi connectivity index (χ0n) is 8.64. The predicted molar refractivity (Wildman–Crippen MR) is 60.2 cm³/mol. The van der Waals surface area contributed by atoms with Gasteiger partial charge in [0, 0.05) is 5.92 Å². The Labute approximate surface area is 85.6 Å². The molecule has 1 unspecified atom stereocenters. The van der Waals surface area contributed by atoms with Crippen LogP contribution < -0.4 is 0 Å². The van der Waals surface area contributed by atoms with Crippen LogP contribution in [0.15, 0.2) is 17.7 Å². The highest BCUT2D eigenvalue weighted by atomic mass is 14.3. The lowest BCUT2D eigenvalue weighted by molar-refractivity contribution is 0.910. The van der Waals surface area contributed by atoms with E-state index >= 15 is 0 Å². The van der Waals surface area contributed by atoms with E-state index in [0.717, 1.165) is 0 Å². The van der Waals surface area contributed by atoms with Crippen molar-refractivity contribution in [1.29, 1.82) is 0 Å². The van der Waals surface area contributed by atoms with Gasteiger partial charge in [-0.2, -0.15) is 0 Å². The molecule has 0 nitrogen and oxygen atoms in total. The molecule has 71 valence electrons. The van der Waals surface area contributed by atoms with Gasteiger partial charge in [-0.15, -0.1) is 0 Å². The summed E-state index contributed by atoms with van der Waals surface area (Å²) in [7, 11) is 0. The van der Waals surface area contributed by atoms with Crippen LogP contribution in [0, 0.1) is 6.92 Å². The number of hydrogen-bond donors (Lipinski definition) is 0. The SMILES string of the molecule is [CH2]C1C(C)=Cc2cc3c(cc21)CCC3. The summed E-state index contributed by atoms with van der Waals surface area (Å²) in [6.45, 7) is 6.40. The largest absolute Gasteiger partial charge is 0.0652 e. The minimum Gasteiger partial charge on any atom is -0.0652 e. The van der Waals surface area contributed by atoms with Crippen molar-refractivity contribution >= 4 is 6.08 Å². The van der Waals surface area contributed by atoms with Crippen LogP contribution in [-0.2, 0) is 12.8 Å². The average Bonchev–Trinajstić information content (AvgIpc) is 2.70. The molecule has 0 amide bonds. The second-order valence-electron chi connectivity index (χ2n) is 4.54. The highest BCUT2D eigenvalue weighted by molar-refractivity contribution is 5.68. The van der Waals surface area contributed by atoms with Gasteiger partial charge in [-0.05, 0) is 55.4 Å². The molecule has 2 aliphatic carbocycles. The molecule has 0 spiro atoms. The van der Waals surface area contributed by atoms with Crippen LogP contribution in [0.3, 0.4) is 0 Å². The Balaban J connectivity index is 2.19. The molecular weight excluding hydrogens is 168 g/mol. The van der Waals surface area contributed by atoms with Gasteiger partial charge in [0.1, 0.15) is 0 Å². The summed E-state index contributed by atoms with van der Waals surface area (Å²) in [5.41, 5.74) is 7.41. The molecule has 3 rings (SSSR count). The van der Waals surface area contributed by atoms with E-state index in [9.17, 15) is 0 Å². The smallest absolute Gasteiger partial charge is 0.00551 e. The Kier molecular flexibility index (Phi) is 1.61. The highest BCUT2D eigenvalue weighted by Gasteiger charge is 2.21. The molecule has 14 heavy (non-hydrogen) atoms. The predicted octanol–water partition coefficient (Wildman–Crippen LogP) is 3.51. The van der Waals surface area contributed by atoms with E-state index in [1.54, 1.807) is 11.1 Å². The number of allylic oxidation sites excluding steroid dienone is 1. The first-order valence-electron chi connectivity index (χ1n) is 5.42. The monoisotopic (exact) mass is 183 g/mol. The standard InChI is InChI=1S/C14H15/c1-9-6-13-7-11-4-3-5-12(11)8-14(13)10(9)2/h6-8,10H,2-5H2,1H3. The van der Waals surface area contributed by atoms with Crippen LogP contribution >= 0.6 is 0 Å². The molecular formula is C14H15. The quantitative estimate of drug-likeness (QED) is 0.577. The van der Waals surface area contributed by atoms with E-state index in [-0.39, 0.29) is 0 Å². The summed E-state index contributed by atoms with van der Waals surface area (Å²) in [4.78, 5) is 0. The van der Waals surface area contributed by atoms with Gasteiger partial charge in [0.15, 0.2) is 0 Å². The number of hydrogen-bond acceptors (Lipinski definition) is 0. The summed E-state index contributed by atoms with van der Waals surface area (Å²) in [6, 6.07) is 4.77. The van der Waals surface area contributed by atoms with Gasteiger partial charge in [-0.25, -0.2) is 0 Å². The summed E-state index contributed by atoms with van der Waals surface area (Å²) in [6.07, 6.45) is 6.18. The first kappa shape index (κ1) is 8.28. The van der Waals surface area contributed by atoms with Gasteiger partial charge in [0.05, 0.1) is 0 Å². The van der Waals surface area contributed by atoms with E-state index in [2.05, 4.69) is 32.1 Å². The van der Waals surface area contributed by atoms with Gasteiger partial charge >= 0.3 is 0 Å². The molecule has 2 aliphatic rings. The summed E-state index contributed by atoms with van der Waals surface area (Å²) < 4.78 is 0. The summed E-state index contributed by atoms with van der Waals surface area (Å²) in [5, 5.41) is 0. The Morgan fingerprint density at radius 1 is 1.21 bits per heavy atom. The van der Waals surface area contributed by atoms with Gasteiger partial charge in [0.2, 0.25) is 0 Å². The van der Waals surface area contributed by atoms with Crippen LogP contribution in [0.25, 0.3) is 6.08 Å². The minimum absolute atomic E-state index is 0.399. The van der Waals surface area contributed by atoms with E-state index in [4.69, 9.17) is 0 Å². The maximum absolute atomic E-state index is 4.22. The molecule has 0 aromatic heterocycles. The molecule has 0 bridgehead atoms. The van der Waals surface area contributed by atoms with Crippen molar-refractivity contribution in [3.8, 4) is 0 Å². The number of aryl methyl sites for hydroxylation is 2. The third kappa shape index (κ3) is 1.00. The minimum atomic E-state index is 0.399. The Hall–Kier alpha value is -1.04. The van der Waals surface area contributed by atoms with Crippen molar-refractivity contribution in [2.24, 2.45) is 0 Å². The molecule has 0 saturated carbocycles. The number of fused-ring (bicyclic) bond motifs is 2.